The Morgan fingerprint density at radius 1 is 1.19 bits per heavy atom. The summed E-state index contributed by atoms with van der Waals surface area (Å²) in [6.07, 6.45) is 7.69. The van der Waals surface area contributed by atoms with E-state index in [9.17, 15) is 4.79 Å². The van der Waals surface area contributed by atoms with Gasteiger partial charge in [0, 0.05) is 24.2 Å². The van der Waals surface area contributed by atoms with Crippen LogP contribution >= 0.6 is 0 Å². The molecule has 0 unspecified atom stereocenters. The van der Waals surface area contributed by atoms with Crippen molar-refractivity contribution in [2.75, 3.05) is 0 Å². The molecule has 0 saturated carbocycles. The molecule has 0 aliphatic carbocycles. The summed E-state index contributed by atoms with van der Waals surface area (Å²) in [7, 11) is 0. The number of aromatic nitrogens is 5. The largest absolute Gasteiger partial charge is 0.454 e. The summed E-state index contributed by atoms with van der Waals surface area (Å²) in [5.41, 5.74) is 1.85. The standard InChI is InChI=1S/C19H12N6O2/c20-8-13-5-15(10-21-9-13)27-16-7-17(19-23-12-24-25(19)11-16)18(26)6-14-3-1-2-4-22-14/h1-5,7,9-12H,6H2. The van der Waals surface area contributed by atoms with Gasteiger partial charge >= 0.3 is 0 Å². The topological polar surface area (TPSA) is 106 Å². The fourth-order valence-electron chi connectivity index (χ4n) is 2.60. The molecule has 0 spiro atoms. The Morgan fingerprint density at radius 2 is 2.11 bits per heavy atom. The number of nitriles is 1. The average molecular weight is 356 g/mol. The first-order chi connectivity index (χ1) is 13.2. The van der Waals surface area contributed by atoms with E-state index >= 15 is 0 Å². The number of nitrogens with zero attached hydrogens (tertiary/aromatic N) is 6. The first-order valence-electron chi connectivity index (χ1n) is 8.02. The smallest absolute Gasteiger partial charge is 0.172 e. The van der Waals surface area contributed by atoms with E-state index in [1.54, 1.807) is 36.7 Å². The van der Waals surface area contributed by atoms with Crippen LogP contribution in [0.15, 0.2) is 61.4 Å². The van der Waals surface area contributed by atoms with Crippen LogP contribution in [0.2, 0.25) is 0 Å². The molecule has 4 rings (SSSR count). The van der Waals surface area contributed by atoms with Crippen molar-refractivity contribution < 1.29 is 9.53 Å². The number of carbonyl (C=O) groups is 1. The summed E-state index contributed by atoms with van der Waals surface area (Å²) in [6.45, 7) is 0. The molecule has 0 N–H and O–H groups in total. The zero-order valence-corrected chi connectivity index (χ0v) is 14.0. The summed E-state index contributed by atoms with van der Waals surface area (Å²) < 4.78 is 7.24. The van der Waals surface area contributed by atoms with E-state index in [0.717, 1.165) is 0 Å². The summed E-state index contributed by atoms with van der Waals surface area (Å²) in [5, 5.41) is 13.1. The minimum atomic E-state index is -0.152. The van der Waals surface area contributed by atoms with Crippen LogP contribution in [0.1, 0.15) is 21.6 Å². The summed E-state index contributed by atoms with van der Waals surface area (Å²) in [6, 6.07) is 10.6. The molecule has 8 heteroatoms. The second-order valence-corrected chi connectivity index (χ2v) is 5.66. The molecule has 0 aromatic carbocycles. The van der Waals surface area contributed by atoms with Crippen molar-refractivity contribution >= 4 is 11.4 Å². The Balaban J connectivity index is 1.69. The average Bonchev–Trinajstić information content (AvgIpc) is 3.17. The van der Waals surface area contributed by atoms with Crippen LogP contribution in [0.5, 0.6) is 11.5 Å². The molecule has 4 aromatic rings. The molecule has 4 aromatic heterocycles. The molecular formula is C19H12N6O2. The lowest BCUT2D eigenvalue weighted by Crippen LogP contribution is -2.08. The van der Waals surface area contributed by atoms with Crippen LogP contribution in [0.4, 0.5) is 0 Å². The SMILES string of the molecule is N#Cc1cncc(Oc2cc(C(=O)Cc3ccccn3)c3ncnn3c2)c1. The van der Waals surface area contributed by atoms with Crippen molar-refractivity contribution in [3.05, 3.63) is 78.3 Å². The first-order valence-corrected chi connectivity index (χ1v) is 8.02. The number of ketones is 1. The highest BCUT2D eigenvalue weighted by Gasteiger charge is 2.16. The lowest BCUT2D eigenvalue weighted by atomic mass is 10.1. The number of rotatable bonds is 5. The molecule has 0 fully saturated rings. The van der Waals surface area contributed by atoms with Crippen molar-refractivity contribution in [2.45, 2.75) is 6.42 Å². The maximum atomic E-state index is 12.8. The molecule has 4 heterocycles. The van der Waals surface area contributed by atoms with Crippen LogP contribution in [-0.2, 0) is 6.42 Å². The second kappa shape index (κ2) is 7.01. The lowest BCUT2D eigenvalue weighted by molar-refractivity contribution is 0.0992. The van der Waals surface area contributed by atoms with Gasteiger partial charge in [-0.15, -0.1) is 0 Å². The number of hydrogen-bond acceptors (Lipinski definition) is 7. The molecule has 0 bridgehead atoms. The molecule has 0 amide bonds. The van der Waals surface area contributed by atoms with Crippen LogP contribution < -0.4 is 4.74 Å². The van der Waals surface area contributed by atoms with Gasteiger partial charge in [0.15, 0.2) is 11.4 Å². The Bertz CT molecular complexity index is 1160. The molecule has 0 aliphatic heterocycles. The molecule has 0 aliphatic rings. The lowest BCUT2D eigenvalue weighted by Gasteiger charge is -2.09. The maximum Gasteiger partial charge on any atom is 0.172 e. The van der Waals surface area contributed by atoms with Gasteiger partial charge in [-0.1, -0.05) is 6.07 Å². The molecule has 27 heavy (non-hydrogen) atoms. The third-order valence-corrected chi connectivity index (χ3v) is 3.80. The van der Waals surface area contributed by atoms with E-state index in [4.69, 9.17) is 10.00 Å². The fourth-order valence-corrected chi connectivity index (χ4v) is 2.60. The van der Waals surface area contributed by atoms with Gasteiger partial charge in [-0.2, -0.15) is 10.4 Å². The van der Waals surface area contributed by atoms with E-state index in [1.165, 1.54) is 23.2 Å². The zero-order chi connectivity index (χ0) is 18.6. The van der Waals surface area contributed by atoms with Gasteiger partial charge < -0.3 is 4.74 Å². The van der Waals surface area contributed by atoms with Crippen molar-refractivity contribution in [1.29, 1.82) is 5.26 Å². The number of pyridine rings is 3. The quantitative estimate of drug-likeness (QED) is 0.506. The highest BCUT2D eigenvalue weighted by Crippen LogP contribution is 2.24. The molecular weight excluding hydrogens is 344 g/mol. The predicted octanol–water partition coefficient (Wildman–Crippen LogP) is 2.61. The summed E-state index contributed by atoms with van der Waals surface area (Å²) >= 11 is 0. The van der Waals surface area contributed by atoms with Gasteiger partial charge in [-0.3, -0.25) is 14.8 Å². The van der Waals surface area contributed by atoms with Crippen molar-refractivity contribution in [3.8, 4) is 17.6 Å². The zero-order valence-electron chi connectivity index (χ0n) is 14.0. The van der Waals surface area contributed by atoms with Crippen molar-refractivity contribution in [1.82, 2.24) is 24.6 Å². The number of Topliss-reactive ketones (excluding diaryl/α,β-unsaturated/α-hetero) is 1. The summed E-state index contributed by atoms with van der Waals surface area (Å²) in [4.78, 5) is 25.1. The maximum absolute atomic E-state index is 12.8. The molecule has 130 valence electrons. The third-order valence-electron chi connectivity index (χ3n) is 3.80. The highest BCUT2D eigenvalue weighted by molar-refractivity contribution is 6.02. The van der Waals surface area contributed by atoms with Crippen LogP contribution in [0.25, 0.3) is 5.65 Å². The Morgan fingerprint density at radius 3 is 2.93 bits per heavy atom. The Labute approximate surface area is 153 Å². The Kier molecular flexibility index (Phi) is 4.25. The van der Waals surface area contributed by atoms with Crippen molar-refractivity contribution in [3.63, 3.8) is 0 Å². The van der Waals surface area contributed by atoms with E-state index < -0.39 is 0 Å². The predicted molar refractivity (Wildman–Crippen MR) is 94.3 cm³/mol. The van der Waals surface area contributed by atoms with Crippen molar-refractivity contribution in [2.24, 2.45) is 0 Å². The normalized spacial score (nSPS) is 10.5. The van der Waals surface area contributed by atoms with E-state index in [2.05, 4.69) is 20.1 Å². The van der Waals surface area contributed by atoms with Crippen LogP contribution in [0, 0.1) is 11.3 Å². The van der Waals surface area contributed by atoms with Gasteiger partial charge in [0.1, 0.15) is 23.9 Å². The second-order valence-electron chi connectivity index (χ2n) is 5.66. The van der Waals surface area contributed by atoms with Gasteiger partial charge in [0.25, 0.3) is 0 Å². The minimum absolute atomic E-state index is 0.137. The molecule has 0 radical (unpaired) electrons. The van der Waals surface area contributed by atoms with Gasteiger partial charge in [-0.05, 0) is 18.2 Å². The number of carbonyl (C=O) groups excluding carboxylic acids is 1. The fraction of sp³-hybridized carbons (Fsp3) is 0.0526. The van der Waals surface area contributed by atoms with Crippen LogP contribution in [0.3, 0.4) is 0 Å². The van der Waals surface area contributed by atoms with E-state index in [0.29, 0.717) is 34.0 Å². The van der Waals surface area contributed by atoms with Crippen LogP contribution in [-0.4, -0.2) is 30.3 Å². The number of ether oxygens (including phenoxy) is 1. The van der Waals surface area contributed by atoms with Gasteiger partial charge in [-0.25, -0.2) is 9.50 Å². The van der Waals surface area contributed by atoms with E-state index in [-0.39, 0.29) is 12.2 Å². The first kappa shape index (κ1) is 16.4. The molecule has 0 atom stereocenters. The van der Waals surface area contributed by atoms with Gasteiger partial charge in [0.05, 0.1) is 29.9 Å². The molecule has 0 saturated heterocycles. The van der Waals surface area contributed by atoms with E-state index in [1.807, 2.05) is 12.1 Å². The number of fused-ring (bicyclic) bond motifs is 1. The molecule has 8 nitrogen and oxygen atoms in total. The number of hydrogen-bond donors (Lipinski definition) is 0. The monoisotopic (exact) mass is 356 g/mol. The Hall–Kier alpha value is -4.12. The minimum Gasteiger partial charge on any atom is -0.454 e. The third kappa shape index (κ3) is 3.48. The highest BCUT2D eigenvalue weighted by atomic mass is 16.5. The summed E-state index contributed by atoms with van der Waals surface area (Å²) in [5.74, 6) is 0.618. The van der Waals surface area contributed by atoms with Gasteiger partial charge in [0.2, 0.25) is 0 Å².